The van der Waals surface area contributed by atoms with Crippen LogP contribution in [0.1, 0.15) is 31.9 Å². The number of aliphatic imine (C=N–C) groups is 1. The number of benzene rings is 2. The van der Waals surface area contributed by atoms with Crippen LogP contribution in [0.2, 0.25) is 0 Å². The van der Waals surface area contributed by atoms with Crippen LogP contribution in [-0.2, 0) is 9.59 Å². The van der Waals surface area contributed by atoms with Crippen LogP contribution < -0.4 is 9.47 Å². The Kier molecular flexibility index (Phi) is 8.16. The Hall–Kier alpha value is -3.26. The molecule has 2 aromatic rings. The molecular weight excluding hydrogens is 440 g/mol. The SMILES string of the molecule is CCOc1cc(/C=C2/SC(=Nc3ccc(C)cc3)N(CC(C)C)C2=O)ccc1OCC(=O)O. The van der Waals surface area contributed by atoms with Gasteiger partial charge in [0.15, 0.2) is 23.3 Å². The molecule has 2 aromatic carbocycles. The van der Waals surface area contributed by atoms with Crippen molar-refractivity contribution in [3.8, 4) is 11.5 Å². The summed E-state index contributed by atoms with van der Waals surface area (Å²) in [4.78, 5) is 31.0. The van der Waals surface area contributed by atoms with Crippen LogP contribution in [0, 0.1) is 12.8 Å². The fourth-order valence-electron chi connectivity index (χ4n) is 3.14. The molecule has 3 rings (SSSR count). The third kappa shape index (κ3) is 6.61. The van der Waals surface area contributed by atoms with Crippen LogP contribution >= 0.6 is 11.8 Å². The normalized spacial score (nSPS) is 16.2. The minimum Gasteiger partial charge on any atom is -0.490 e. The van der Waals surface area contributed by atoms with Gasteiger partial charge in [0.1, 0.15) is 0 Å². The van der Waals surface area contributed by atoms with Gasteiger partial charge in [-0.15, -0.1) is 0 Å². The summed E-state index contributed by atoms with van der Waals surface area (Å²) in [5.41, 5.74) is 2.69. The zero-order valence-corrected chi connectivity index (χ0v) is 20.0. The maximum atomic E-state index is 13.2. The number of carboxylic acids is 1. The van der Waals surface area contributed by atoms with Crippen LogP contribution in [0.4, 0.5) is 5.69 Å². The molecule has 0 radical (unpaired) electrons. The van der Waals surface area contributed by atoms with Gasteiger partial charge in [-0.2, -0.15) is 0 Å². The summed E-state index contributed by atoms with van der Waals surface area (Å²) in [5, 5.41) is 9.52. The average Bonchev–Trinajstić information content (AvgIpc) is 3.03. The summed E-state index contributed by atoms with van der Waals surface area (Å²) in [6.07, 6.45) is 1.79. The van der Waals surface area contributed by atoms with Crippen molar-refractivity contribution in [1.29, 1.82) is 0 Å². The number of thioether (sulfide) groups is 1. The number of rotatable bonds is 9. The minimum absolute atomic E-state index is 0.0938. The highest BCUT2D eigenvalue weighted by Crippen LogP contribution is 2.36. The third-order valence-corrected chi connectivity index (χ3v) is 5.62. The molecule has 1 fully saturated rings. The zero-order chi connectivity index (χ0) is 24.0. The molecule has 0 saturated carbocycles. The van der Waals surface area contributed by atoms with Crippen LogP contribution in [0.25, 0.3) is 6.08 Å². The predicted octanol–water partition coefficient (Wildman–Crippen LogP) is 5.12. The van der Waals surface area contributed by atoms with Crippen molar-refractivity contribution in [3.05, 3.63) is 58.5 Å². The summed E-state index contributed by atoms with van der Waals surface area (Å²) < 4.78 is 10.9. The lowest BCUT2D eigenvalue weighted by Gasteiger charge is -2.17. The highest BCUT2D eigenvalue weighted by Gasteiger charge is 2.33. The van der Waals surface area contributed by atoms with Crippen LogP contribution in [0.5, 0.6) is 11.5 Å². The summed E-state index contributed by atoms with van der Waals surface area (Å²) in [6.45, 7) is 8.48. The van der Waals surface area contributed by atoms with Crippen molar-refractivity contribution in [2.45, 2.75) is 27.7 Å². The fraction of sp³-hybridized carbons (Fsp3) is 0.320. The van der Waals surface area contributed by atoms with Gasteiger partial charge < -0.3 is 14.6 Å². The molecule has 0 aliphatic carbocycles. The van der Waals surface area contributed by atoms with Crippen LogP contribution in [-0.4, -0.2) is 46.8 Å². The monoisotopic (exact) mass is 468 g/mol. The van der Waals surface area contributed by atoms with Crippen LogP contribution in [0.15, 0.2) is 52.4 Å². The summed E-state index contributed by atoms with van der Waals surface area (Å²) in [5.74, 6) is -0.107. The Morgan fingerprint density at radius 1 is 1.15 bits per heavy atom. The molecule has 1 heterocycles. The highest BCUT2D eigenvalue weighted by molar-refractivity contribution is 8.18. The second-order valence-electron chi connectivity index (χ2n) is 7.97. The van der Waals surface area contributed by atoms with Crippen molar-refractivity contribution in [2.24, 2.45) is 10.9 Å². The van der Waals surface area contributed by atoms with E-state index in [1.165, 1.54) is 11.8 Å². The van der Waals surface area contributed by atoms with Crippen molar-refractivity contribution < 1.29 is 24.2 Å². The molecule has 174 valence electrons. The lowest BCUT2D eigenvalue weighted by Crippen LogP contribution is -2.32. The summed E-state index contributed by atoms with van der Waals surface area (Å²) in [7, 11) is 0. The largest absolute Gasteiger partial charge is 0.490 e. The molecule has 0 atom stereocenters. The van der Waals surface area contributed by atoms with E-state index in [-0.39, 0.29) is 11.8 Å². The molecule has 33 heavy (non-hydrogen) atoms. The van der Waals surface area contributed by atoms with E-state index in [9.17, 15) is 9.59 Å². The first-order valence-corrected chi connectivity index (χ1v) is 11.6. The minimum atomic E-state index is -1.07. The van der Waals surface area contributed by atoms with Crippen molar-refractivity contribution >= 4 is 40.6 Å². The second kappa shape index (κ2) is 11.0. The molecule has 0 bridgehead atoms. The number of amidine groups is 1. The number of hydrogen-bond acceptors (Lipinski definition) is 6. The van der Waals surface area contributed by atoms with E-state index >= 15 is 0 Å². The smallest absolute Gasteiger partial charge is 0.341 e. The van der Waals surface area contributed by atoms with E-state index in [1.807, 2.05) is 38.1 Å². The molecular formula is C25H28N2O5S. The summed E-state index contributed by atoms with van der Waals surface area (Å²) >= 11 is 1.34. The quantitative estimate of drug-likeness (QED) is 0.514. The lowest BCUT2D eigenvalue weighted by molar-refractivity contribution is -0.139. The second-order valence-corrected chi connectivity index (χ2v) is 8.98. The number of aliphatic carboxylic acids is 1. The molecule has 1 aliphatic heterocycles. The van der Waals surface area contributed by atoms with Gasteiger partial charge in [0.25, 0.3) is 5.91 Å². The van der Waals surface area contributed by atoms with Gasteiger partial charge in [-0.1, -0.05) is 37.6 Å². The lowest BCUT2D eigenvalue weighted by atomic mass is 10.1. The standard InChI is InChI=1S/C25H28N2O5S/c1-5-31-21-12-18(8-11-20(21)32-15-23(28)29)13-22-24(30)27(14-16(2)3)25(33-22)26-19-9-6-17(4)7-10-19/h6-13,16H,5,14-15H2,1-4H3,(H,28,29)/b22-13+,26-25?. The van der Waals surface area contributed by atoms with Crippen molar-refractivity contribution in [1.82, 2.24) is 4.90 Å². The number of amides is 1. The van der Waals surface area contributed by atoms with E-state index in [4.69, 9.17) is 19.6 Å². The number of ether oxygens (including phenoxy) is 2. The predicted molar refractivity (Wildman–Crippen MR) is 131 cm³/mol. The van der Waals surface area contributed by atoms with Gasteiger partial charge in [-0.25, -0.2) is 9.79 Å². The number of carbonyl (C=O) groups excluding carboxylic acids is 1. The van der Waals surface area contributed by atoms with Gasteiger partial charge in [0.2, 0.25) is 0 Å². The first-order chi connectivity index (χ1) is 15.8. The number of aryl methyl sites for hydroxylation is 1. The van der Waals surface area contributed by atoms with Gasteiger partial charge in [0.05, 0.1) is 17.2 Å². The molecule has 1 saturated heterocycles. The number of hydrogen-bond donors (Lipinski definition) is 1. The topological polar surface area (TPSA) is 88.4 Å². The molecule has 1 aliphatic rings. The Balaban J connectivity index is 1.91. The highest BCUT2D eigenvalue weighted by atomic mass is 32.2. The first kappa shape index (κ1) is 24.4. The van der Waals surface area contributed by atoms with Crippen molar-refractivity contribution in [3.63, 3.8) is 0 Å². The third-order valence-electron chi connectivity index (χ3n) is 4.61. The molecule has 8 heteroatoms. The van der Waals surface area contributed by atoms with E-state index in [1.54, 1.807) is 29.2 Å². The van der Waals surface area contributed by atoms with Gasteiger partial charge >= 0.3 is 5.97 Å². The van der Waals surface area contributed by atoms with E-state index in [2.05, 4.69) is 13.8 Å². The maximum absolute atomic E-state index is 13.2. The molecule has 0 aromatic heterocycles. The van der Waals surface area contributed by atoms with Gasteiger partial charge in [0, 0.05) is 6.54 Å². The van der Waals surface area contributed by atoms with E-state index in [0.717, 1.165) is 16.8 Å². The van der Waals surface area contributed by atoms with E-state index < -0.39 is 12.6 Å². The zero-order valence-electron chi connectivity index (χ0n) is 19.2. The molecule has 0 spiro atoms. The Labute approximate surface area is 198 Å². The first-order valence-electron chi connectivity index (χ1n) is 10.7. The summed E-state index contributed by atoms with van der Waals surface area (Å²) in [6, 6.07) is 13.0. The van der Waals surface area contributed by atoms with Gasteiger partial charge in [-0.05, 0) is 67.4 Å². The van der Waals surface area contributed by atoms with Gasteiger partial charge in [-0.3, -0.25) is 9.69 Å². The Morgan fingerprint density at radius 2 is 1.88 bits per heavy atom. The number of carbonyl (C=O) groups is 2. The average molecular weight is 469 g/mol. The van der Waals surface area contributed by atoms with Crippen molar-refractivity contribution in [2.75, 3.05) is 19.8 Å². The maximum Gasteiger partial charge on any atom is 0.341 e. The fourth-order valence-corrected chi connectivity index (χ4v) is 4.15. The molecule has 1 amide bonds. The number of nitrogens with zero attached hydrogens (tertiary/aromatic N) is 2. The van der Waals surface area contributed by atoms with E-state index in [0.29, 0.717) is 34.7 Å². The molecule has 7 nitrogen and oxygen atoms in total. The van der Waals surface area contributed by atoms with Crippen LogP contribution in [0.3, 0.4) is 0 Å². The Morgan fingerprint density at radius 3 is 2.52 bits per heavy atom. The molecule has 0 unspecified atom stereocenters. The molecule has 1 N–H and O–H groups in total. The number of carboxylic acid groups (broad SMARTS) is 1. The Bertz CT molecular complexity index is 1080.